The summed E-state index contributed by atoms with van der Waals surface area (Å²) in [6.07, 6.45) is 1.07. The van der Waals surface area contributed by atoms with E-state index >= 15 is 0 Å². The molecular formula is C12H16FNO. The number of aryl methyl sites for hydroxylation is 1. The van der Waals surface area contributed by atoms with Crippen LogP contribution in [0.3, 0.4) is 0 Å². The fourth-order valence-electron chi connectivity index (χ4n) is 1.76. The molecule has 1 heterocycles. The first-order chi connectivity index (χ1) is 7.25. The molecule has 0 aromatic heterocycles. The maximum atomic E-state index is 13.4. The van der Waals surface area contributed by atoms with Gasteiger partial charge in [0.1, 0.15) is 5.82 Å². The maximum Gasteiger partial charge on any atom is 0.146 e. The second kappa shape index (κ2) is 4.62. The summed E-state index contributed by atoms with van der Waals surface area (Å²) in [5.41, 5.74) is 1.54. The van der Waals surface area contributed by atoms with Crippen molar-refractivity contribution in [1.29, 1.82) is 0 Å². The number of hydrogen-bond acceptors (Lipinski definition) is 2. The van der Waals surface area contributed by atoms with E-state index in [1.54, 1.807) is 12.1 Å². The molecule has 0 amide bonds. The van der Waals surface area contributed by atoms with Crippen molar-refractivity contribution in [3.63, 3.8) is 0 Å². The minimum Gasteiger partial charge on any atom is -0.382 e. The number of nitrogens with one attached hydrogen (secondary N) is 1. The summed E-state index contributed by atoms with van der Waals surface area (Å²) in [6.45, 7) is 4.31. The summed E-state index contributed by atoms with van der Waals surface area (Å²) in [5, 5.41) is 3.13. The first kappa shape index (κ1) is 10.4. The minimum atomic E-state index is -0.172. The van der Waals surface area contributed by atoms with Crippen LogP contribution in [-0.4, -0.2) is 19.8 Å². The van der Waals surface area contributed by atoms with Gasteiger partial charge in [-0.25, -0.2) is 4.39 Å². The highest BCUT2D eigenvalue weighted by molar-refractivity contribution is 5.46. The van der Waals surface area contributed by atoms with Crippen molar-refractivity contribution in [3.8, 4) is 0 Å². The molecular weight excluding hydrogens is 193 g/mol. The van der Waals surface area contributed by atoms with Gasteiger partial charge in [-0.15, -0.1) is 0 Å². The second-order valence-corrected chi connectivity index (χ2v) is 4.09. The lowest BCUT2D eigenvalue weighted by Gasteiger charge is -2.11. The van der Waals surface area contributed by atoms with Crippen LogP contribution in [0.1, 0.15) is 12.0 Å². The van der Waals surface area contributed by atoms with Crippen LogP contribution in [0.2, 0.25) is 0 Å². The smallest absolute Gasteiger partial charge is 0.146 e. The van der Waals surface area contributed by atoms with Gasteiger partial charge in [0.2, 0.25) is 0 Å². The fourth-order valence-corrected chi connectivity index (χ4v) is 1.76. The predicted octanol–water partition coefficient (Wildman–Crippen LogP) is 2.58. The highest BCUT2D eigenvalue weighted by Crippen LogP contribution is 2.18. The molecule has 0 radical (unpaired) electrons. The normalized spacial score (nSPS) is 20.5. The fraction of sp³-hybridized carbons (Fsp3) is 0.500. The highest BCUT2D eigenvalue weighted by Gasteiger charge is 2.15. The Hall–Kier alpha value is -1.09. The second-order valence-electron chi connectivity index (χ2n) is 4.09. The first-order valence-electron chi connectivity index (χ1n) is 5.33. The zero-order valence-electron chi connectivity index (χ0n) is 8.92. The van der Waals surface area contributed by atoms with Gasteiger partial charge >= 0.3 is 0 Å². The monoisotopic (exact) mass is 209 g/mol. The van der Waals surface area contributed by atoms with E-state index in [2.05, 4.69) is 5.32 Å². The molecule has 1 unspecified atom stereocenters. The van der Waals surface area contributed by atoms with Crippen LogP contribution in [-0.2, 0) is 4.74 Å². The molecule has 3 heteroatoms. The lowest BCUT2D eigenvalue weighted by molar-refractivity contribution is 0.187. The zero-order chi connectivity index (χ0) is 10.7. The first-order valence-corrected chi connectivity index (χ1v) is 5.33. The Bertz CT molecular complexity index is 334. The van der Waals surface area contributed by atoms with Crippen LogP contribution in [0.25, 0.3) is 0 Å². The van der Waals surface area contributed by atoms with E-state index in [1.807, 2.05) is 13.0 Å². The Morgan fingerprint density at radius 3 is 3.07 bits per heavy atom. The Morgan fingerprint density at radius 2 is 2.40 bits per heavy atom. The van der Waals surface area contributed by atoms with E-state index in [1.165, 1.54) is 0 Å². The number of halogens is 1. The van der Waals surface area contributed by atoms with Crippen molar-refractivity contribution >= 4 is 5.69 Å². The van der Waals surface area contributed by atoms with Gasteiger partial charge in [0, 0.05) is 19.1 Å². The highest BCUT2D eigenvalue weighted by atomic mass is 19.1. The van der Waals surface area contributed by atoms with E-state index < -0.39 is 0 Å². The van der Waals surface area contributed by atoms with Crippen LogP contribution < -0.4 is 5.32 Å². The zero-order valence-corrected chi connectivity index (χ0v) is 8.92. The molecule has 0 spiro atoms. The molecule has 0 saturated carbocycles. The van der Waals surface area contributed by atoms with Gasteiger partial charge in [-0.2, -0.15) is 0 Å². The third kappa shape index (κ3) is 2.69. The topological polar surface area (TPSA) is 21.3 Å². The molecule has 82 valence electrons. The largest absolute Gasteiger partial charge is 0.382 e. The Kier molecular flexibility index (Phi) is 3.21. The number of ether oxygens (including phenoxy) is 1. The van der Waals surface area contributed by atoms with E-state index in [4.69, 9.17) is 4.74 Å². The summed E-state index contributed by atoms with van der Waals surface area (Å²) >= 11 is 0. The summed E-state index contributed by atoms with van der Waals surface area (Å²) in [7, 11) is 0. The number of benzene rings is 1. The van der Waals surface area contributed by atoms with Crippen molar-refractivity contribution in [2.24, 2.45) is 5.92 Å². The number of hydrogen-bond donors (Lipinski definition) is 1. The molecule has 1 aromatic carbocycles. The molecule has 2 nitrogen and oxygen atoms in total. The van der Waals surface area contributed by atoms with E-state index in [0.29, 0.717) is 11.6 Å². The van der Waals surface area contributed by atoms with Gasteiger partial charge in [0.25, 0.3) is 0 Å². The van der Waals surface area contributed by atoms with Crippen molar-refractivity contribution in [2.75, 3.05) is 25.1 Å². The lowest BCUT2D eigenvalue weighted by Crippen LogP contribution is -2.14. The molecule has 1 fully saturated rings. The molecule has 1 atom stereocenters. The van der Waals surface area contributed by atoms with Gasteiger partial charge in [0.05, 0.1) is 12.3 Å². The van der Waals surface area contributed by atoms with Crippen LogP contribution >= 0.6 is 0 Å². The van der Waals surface area contributed by atoms with Gasteiger partial charge in [-0.05, 0) is 31.0 Å². The average Bonchev–Trinajstić information content (AvgIpc) is 2.69. The van der Waals surface area contributed by atoms with Gasteiger partial charge in [-0.1, -0.05) is 6.07 Å². The molecule has 1 aromatic rings. The molecule has 15 heavy (non-hydrogen) atoms. The molecule has 1 N–H and O–H groups in total. The summed E-state index contributed by atoms with van der Waals surface area (Å²) in [6, 6.07) is 5.25. The summed E-state index contributed by atoms with van der Waals surface area (Å²) in [5.74, 6) is 0.347. The molecule has 0 bridgehead atoms. The quantitative estimate of drug-likeness (QED) is 0.826. The van der Waals surface area contributed by atoms with Crippen LogP contribution in [0, 0.1) is 18.7 Å². The number of anilines is 1. The lowest BCUT2D eigenvalue weighted by atomic mass is 10.1. The average molecular weight is 209 g/mol. The van der Waals surface area contributed by atoms with E-state index in [9.17, 15) is 4.39 Å². The molecule has 1 aliphatic rings. The summed E-state index contributed by atoms with van der Waals surface area (Å²) in [4.78, 5) is 0. The van der Waals surface area contributed by atoms with Crippen molar-refractivity contribution in [2.45, 2.75) is 13.3 Å². The molecule has 0 aliphatic carbocycles. The van der Waals surface area contributed by atoms with Gasteiger partial charge in [0.15, 0.2) is 0 Å². The Balaban J connectivity index is 1.92. The van der Waals surface area contributed by atoms with Crippen molar-refractivity contribution in [3.05, 3.63) is 29.6 Å². The third-order valence-corrected chi connectivity index (χ3v) is 2.73. The van der Waals surface area contributed by atoms with Crippen LogP contribution in [0.5, 0.6) is 0 Å². The third-order valence-electron chi connectivity index (χ3n) is 2.73. The maximum absolute atomic E-state index is 13.4. The van der Waals surface area contributed by atoms with Crippen LogP contribution in [0.15, 0.2) is 18.2 Å². The van der Waals surface area contributed by atoms with Crippen molar-refractivity contribution < 1.29 is 9.13 Å². The molecule has 1 aliphatic heterocycles. The predicted molar refractivity (Wildman–Crippen MR) is 58.6 cm³/mol. The van der Waals surface area contributed by atoms with Crippen LogP contribution in [0.4, 0.5) is 10.1 Å². The van der Waals surface area contributed by atoms with E-state index in [0.717, 1.165) is 31.7 Å². The summed E-state index contributed by atoms with van der Waals surface area (Å²) < 4.78 is 18.7. The van der Waals surface area contributed by atoms with Gasteiger partial charge in [-0.3, -0.25) is 0 Å². The SMILES string of the molecule is Cc1ccc(NCC2CCOC2)c(F)c1. The molecule has 1 saturated heterocycles. The van der Waals surface area contributed by atoms with Crippen molar-refractivity contribution in [1.82, 2.24) is 0 Å². The number of rotatable bonds is 3. The minimum absolute atomic E-state index is 0.172. The Morgan fingerprint density at radius 1 is 1.53 bits per heavy atom. The van der Waals surface area contributed by atoms with E-state index in [-0.39, 0.29) is 5.82 Å². The van der Waals surface area contributed by atoms with Gasteiger partial charge < -0.3 is 10.1 Å². The standard InChI is InChI=1S/C12H16FNO/c1-9-2-3-12(11(13)6-9)14-7-10-4-5-15-8-10/h2-3,6,10,14H,4-5,7-8H2,1H3. The molecule has 2 rings (SSSR count). The Labute approximate surface area is 89.4 Å².